The molecule has 0 aromatic carbocycles. The molecule has 8 atom stereocenters. The normalized spacial score (nSPS) is 40.2. The van der Waals surface area contributed by atoms with Gasteiger partial charge in [0.25, 0.3) is 0 Å². The molecule has 0 unspecified atom stereocenters. The molecule has 1 aliphatic heterocycles. The highest BCUT2D eigenvalue weighted by atomic mass is 16.5. The molecule has 0 N–H and O–H groups in total. The van der Waals surface area contributed by atoms with Crippen LogP contribution in [-0.4, -0.2) is 49.8 Å². The zero-order valence-corrected chi connectivity index (χ0v) is 25.3. The number of hydrogen-bond donors (Lipinski definition) is 0. The first-order chi connectivity index (χ1) is 18.2. The standard InChI is InChI=1S/C34H57NO3/c1-24(2)7-6-8-25(3)29-11-12-30-28-10-9-26-23-27(38-32(36)15-18-35-19-21-37-22-20-35)13-16-33(26,4)31(28)14-17-34(29,30)5/h9,24-25,27-31H,6-8,10-23H2,1-5H3/t25-,27+,28-,29+,30-,31-,33+,34+/m1/s1. The van der Waals surface area contributed by atoms with Crippen LogP contribution in [0.2, 0.25) is 0 Å². The van der Waals surface area contributed by atoms with Gasteiger partial charge in [-0.1, -0.05) is 65.5 Å². The summed E-state index contributed by atoms with van der Waals surface area (Å²) in [5.41, 5.74) is 2.49. The first kappa shape index (κ1) is 28.7. The van der Waals surface area contributed by atoms with Crippen LogP contribution in [0.15, 0.2) is 11.6 Å². The quantitative estimate of drug-likeness (QED) is 0.228. The number of esters is 1. The Balaban J connectivity index is 1.17. The third-order valence-corrected chi connectivity index (χ3v) is 12.3. The Hall–Kier alpha value is -0.870. The molecule has 0 radical (unpaired) electrons. The lowest BCUT2D eigenvalue weighted by molar-refractivity contribution is -0.152. The van der Waals surface area contributed by atoms with Crippen LogP contribution >= 0.6 is 0 Å². The average Bonchev–Trinajstić information content (AvgIpc) is 3.25. The van der Waals surface area contributed by atoms with Crippen molar-refractivity contribution in [3.8, 4) is 0 Å². The summed E-state index contributed by atoms with van der Waals surface area (Å²) in [7, 11) is 0. The molecule has 0 aromatic rings. The molecule has 0 bridgehead atoms. The van der Waals surface area contributed by atoms with Gasteiger partial charge in [0.15, 0.2) is 0 Å². The molecule has 1 saturated heterocycles. The van der Waals surface area contributed by atoms with Crippen molar-refractivity contribution in [1.29, 1.82) is 0 Å². The van der Waals surface area contributed by atoms with Crippen LogP contribution in [0.25, 0.3) is 0 Å². The Morgan fingerprint density at radius 1 is 1.05 bits per heavy atom. The highest BCUT2D eigenvalue weighted by molar-refractivity contribution is 5.69. The number of allylic oxidation sites excluding steroid dienone is 1. The minimum atomic E-state index is -0.00711. The summed E-state index contributed by atoms with van der Waals surface area (Å²) in [6.45, 7) is 16.8. The van der Waals surface area contributed by atoms with E-state index in [9.17, 15) is 4.79 Å². The molecular weight excluding hydrogens is 470 g/mol. The zero-order valence-electron chi connectivity index (χ0n) is 25.3. The second kappa shape index (κ2) is 11.9. The second-order valence-corrected chi connectivity index (χ2v) is 14.8. The van der Waals surface area contributed by atoms with Crippen LogP contribution in [0.5, 0.6) is 0 Å². The summed E-state index contributed by atoms with van der Waals surface area (Å²) in [5.74, 6) is 5.22. The van der Waals surface area contributed by atoms with Crippen LogP contribution in [0, 0.1) is 46.3 Å². The van der Waals surface area contributed by atoms with E-state index in [4.69, 9.17) is 9.47 Å². The van der Waals surface area contributed by atoms with E-state index in [1.54, 1.807) is 5.57 Å². The van der Waals surface area contributed by atoms with Crippen LogP contribution in [-0.2, 0) is 14.3 Å². The summed E-state index contributed by atoms with van der Waals surface area (Å²) in [6.07, 6.45) is 17.7. The van der Waals surface area contributed by atoms with E-state index in [0.29, 0.717) is 17.3 Å². The molecule has 4 nitrogen and oxygen atoms in total. The Labute approximate surface area is 233 Å². The molecule has 4 heteroatoms. The minimum Gasteiger partial charge on any atom is -0.462 e. The van der Waals surface area contributed by atoms with Gasteiger partial charge >= 0.3 is 5.97 Å². The molecule has 216 valence electrons. The SMILES string of the molecule is CC(C)CCC[C@@H](C)[C@@H]1CC[C@@H]2[C@H]3CC=C4C[C@@H](OC(=O)CCN5CCOCC5)CC[C@]4(C)[C@@H]3CC[C@]21C. The molecule has 3 saturated carbocycles. The number of ether oxygens (including phenoxy) is 2. The predicted octanol–water partition coefficient (Wildman–Crippen LogP) is 7.66. The first-order valence-electron chi connectivity index (χ1n) is 16.4. The Kier molecular flexibility index (Phi) is 9.00. The third kappa shape index (κ3) is 5.78. The van der Waals surface area contributed by atoms with Crippen LogP contribution in [0.3, 0.4) is 0 Å². The molecule has 4 fully saturated rings. The van der Waals surface area contributed by atoms with Crippen LogP contribution in [0.4, 0.5) is 0 Å². The second-order valence-electron chi connectivity index (χ2n) is 14.8. The predicted molar refractivity (Wildman–Crippen MR) is 155 cm³/mol. The van der Waals surface area contributed by atoms with Gasteiger partial charge < -0.3 is 9.47 Å². The highest BCUT2D eigenvalue weighted by Crippen LogP contribution is 2.67. The van der Waals surface area contributed by atoms with Crippen molar-refractivity contribution in [3.63, 3.8) is 0 Å². The van der Waals surface area contributed by atoms with Crippen molar-refractivity contribution in [3.05, 3.63) is 11.6 Å². The van der Waals surface area contributed by atoms with E-state index in [0.717, 1.165) is 81.2 Å². The van der Waals surface area contributed by atoms with Crippen molar-refractivity contribution in [2.45, 2.75) is 118 Å². The zero-order chi connectivity index (χ0) is 26.9. The average molecular weight is 528 g/mol. The molecular formula is C34H57NO3. The maximum absolute atomic E-state index is 12.7. The monoisotopic (exact) mass is 527 g/mol. The van der Waals surface area contributed by atoms with Gasteiger partial charge in [0.2, 0.25) is 0 Å². The summed E-state index contributed by atoms with van der Waals surface area (Å²) < 4.78 is 11.5. The number of morpholine rings is 1. The number of hydrogen-bond acceptors (Lipinski definition) is 4. The van der Waals surface area contributed by atoms with Gasteiger partial charge in [-0.25, -0.2) is 0 Å². The summed E-state index contributed by atoms with van der Waals surface area (Å²) >= 11 is 0. The van der Waals surface area contributed by atoms with E-state index in [1.165, 1.54) is 57.8 Å². The van der Waals surface area contributed by atoms with Crippen LogP contribution < -0.4 is 0 Å². The summed E-state index contributed by atoms with van der Waals surface area (Å²) in [4.78, 5) is 15.0. The molecule has 38 heavy (non-hydrogen) atoms. The maximum Gasteiger partial charge on any atom is 0.307 e. The van der Waals surface area contributed by atoms with Gasteiger partial charge in [-0.3, -0.25) is 9.69 Å². The van der Waals surface area contributed by atoms with E-state index < -0.39 is 0 Å². The molecule has 5 aliphatic rings. The third-order valence-electron chi connectivity index (χ3n) is 12.3. The molecule has 5 rings (SSSR count). The van der Waals surface area contributed by atoms with Gasteiger partial charge in [-0.2, -0.15) is 0 Å². The molecule has 4 aliphatic carbocycles. The number of rotatable bonds is 9. The van der Waals surface area contributed by atoms with Crippen molar-refractivity contribution in [1.82, 2.24) is 4.90 Å². The van der Waals surface area contributed by atoms with E-state index in [2.05, 4.69) is 45.6 Å². The maximum atomic E-state index is 12.7. The number of nitrogens with zero attached hydrogens (tertiary/aromatic N) is 1. The molecule has 0 spiro atoms. The van der Waals surface area contributed by atoms with Gasteiger partial charge in [0.1, 0.15) is 6.10 Å². The van der Waals surface area contributed by atoms with E-state index >= 15 is 0 Å². The van der Waals surface area contributed by atoms with Crippen molar-refractivity contribution in [2.75, 3.05) is 32.8 Å². The Morgan fingerprint density at radius 2 is 1.84 bits per heavy atom. The van der Waals surface area contributed by atoms with Crippen molar-refractivity contribution >= 4 is 5.97 Å². The lowest BCUT2D eigenvalue weighted by Gasteiger charge is -2.58. The summed E-state index contributed by atoms with van der Waals surface area (Å²) in [5, 5.41) is 0. The lowest BCUT2D eigenvalue weighted by atomic mass is 9.47. The molecule has 1 heterocycles. The lowest BCUT2D eigenvalue weighted by Crippen LogP contribution is -2.51. The first-order valence-corrected chi connectivity index (χ1v) is 16.4. The molecule has 0 aromatic heterocycles. The fourth-order valence-corrected chi connectivity index (χ4v) is 10.1. The fourth-order valence-electron chi connectivity index (χ4n) is 10.1. The van der Waals surface area contributed by atoms with Crippen molar-refractivity contribution < 1.29 is 14.3 Å². The van der Waals surface area contributed by atoms with Gasteiger partial charge in [-0.15, -0.1) is 0 Å². The number of fused-ring (bicyclic) bond motifs is 5. The summed E-state index contributed by atoms with van der Waals surface area (Å²) in [6, 6.07) is 0. The van der Waals surface area contributed by atoms with Crippen LogP contribution in [0.1, 0.15) is 112 Å². The molecule has 0 amide bonds. The fraction of sp³-hybridized carbons (Fsp3) is 0.912. The largest absolute Gasteiger partial charge is 0.462 e. The van der Waals surface area contributed by atoms with Gasteiger partial charge in [-0.05, 0) is 91.3 Å². The number of carbonyl (C=O) groups is 1. The van der Waals surface area contributed by atoms with Gasteiger partial charge in [0, 0.05) is 26.1 Å². The topological polar surface area (TPSA) is 38.8 Å². The van der Waals surface area contributed by atoms with E-state index in [-0.39, 0.29) is 12.1 Å². The smallest absolute Gasteiger partial charge is 0.307 e. The van der Waals surface area contributed by atoms with E-state index in [1.807, 2.05) is 0 Å². The Morgan fingerprint density at radius 3 is 2.61 bits per heavy atom. The number of carbonyl (C=O) groups excluding carboxylic acids is 1. The minimum absolute atomic E-state index is 0.00711. The Bertz CT molecular complexity index is 847. The van der Waals surface area contributed by atoms with Crippen molar-refractivity contribution in [2.24, 2.45) is 46.3 Å². The highest BCUT2D eigenvalue weighted by Gasteiger charge is 2.59. The van der Waals surface area contributed by atoms with Gasteiger partial charge in [0.05, 0.1) is 19.6 Å².